The molecular formula is C16H19N3O4S. The summed E-state index contributed by atoms with van der Waals surface area (Å²) < 4.78 is 5.24. The number of nitrogens with zero attached hydrogens (tertiary/aromatic N) is 1. The minimum Gasteiger partial charge on any atom is -0.381 e. The first-order chi connectivity index (χ1) is 11.5. The van der Waals surface area contributed by atoms with Gasteiger partial charge in [-0.05, 0) is 30.5 Å². The Bertz CT molecular complexity index is 640. The van der Waals surface area contributed by atoms with Gasteiger partial charge in [-0.2, -0.15) is 0 Å². The summed E-state index contributed by atoms with van der Waals surface area (Å²) in [7, 11) is 0. The highest BCUT2D eigenvalue weighted by atomic mass is 32.2. The van der Waals surface area contributed by atoms with Crippen LogP contribution in [0.15, 0.2) is 24.3 Å². The molecule has 2 fully saturated rings. The zero-order valence-electron chi connectivity index (χ0n) is 13.1. The first-order valence-electron chi connectivity index (χ1n) is 7.72. The standard InChI is InChI=1S/C16H19N3O4S/c17-16(5-7-23-8-6-16)14(21)18-12-3-1-11(2-4-12)9-19-13(20)10-24-15(19)22/h1-4H,5-10,17H2,(H,18,21). The average Bonchev–Trinajstić information content (AvgIpc) is 2.89. The summed E-state index contributed by atoms with van der Waals surface area (Å²) in [6, 6.07) is 7.06. The molecule has 0 spiro atoms. The molecule has 0 aromatic heterocycles. The Kier molecular flexibility index (Phi) is 4.88. The third-order valence-corrected chi connectivity index (χ3v) is 5.09. The molecule has 128 valence electrons. The Morgan fingerprint density at radius 1 is 1.25 bits per heavy atom. The number of hydrogen-bond donors (Lipinski definition) is 2. The van der Waals surface area contributed by atoms with Crippen molar-refractivity contribution in [2.24, 2.45) is 5.73 Å². The fourth-order valence-corrected chi connectivity index (χ4v) is 3.35. The number of nitrogens with two attached hydrogens (primary N) is 1. The maximum absolute atomic E-state index is 12.3. The molecule has 0 atom stereocenters. The Morgan fingerprint density at radius 2 is 1.92 bits per heavy atom. The summed E-state index contributed by atoms with van der Waals surface area (Å²) in [6.45, 7) is 1.22. The summed E-state index contributed by atoms with van der Waals surface area (Å²) in [6.07, 6.45) is 0.988. The number of thioether (sulfide) groups is 1. The van der Waals surface area contributed by atoms with Gasteiger partial charge in [0.1, 0.15) is 5.54 Å². The molecule has 0 bridgehead atoms. The van der Waals surface area contributed by atoms with Crippen molar-refractivity contribution in [1.82, 2.24) is 4.90 Å². The van der Waals surface area contributed by atoms with Gasteiger partial charge in [-0.15, -0.1) is 0 Å². The molecule has 1 aromatic rings. The van der Waals surface area contributed by atoms with Crippen LogP contribution in [0.2, 0.25) is 0 Å². The summed E-state index contributed by atoms with van der Waals surface area (Å²) in [5, 5.41) is 2.60. The van der Waals surface area contributed by atoms with E-state index < -0.39 is 5.54 Å². The van der Waals surface area contributed by atoms with Crippen molar-refractivity contribution in [3.05, 3.63) is 29.8 Å². The number of carbonyl (C=O) groups excluding carboxylic acids is 3. The topological polar surface area (TPSA) is 102 Å². The number of benzene rings is 1. The van der Waals surface area contributed by atoms with Gasteiger partial charge in [-0.3, -0.25) is 19.3 Å². The Morgan fingerprint density at radius 3 is 2.50 bits per heavy atom. The lowest BCUT2D eigenvalue weighted by molar-refractivity contribution is -0.125. The largest absolute Gasteiger partial charge is 0.381 e. The van der Waals surface area contributed by atoms with E-state index in [2.05, 4.69) is 5.32 Å². The molecule has 2 aliphatic heterocycles. The number of ether oxygens (including phenoxy) is 1. The van der Waals surface area contributed by atoms with Crippen LogP contribution in [0.1, 0.15) is 18.4 Å². The van der Waals surface area contributed by atoms with Crippen molar-refractivity contribution in [1.29, 1.82) is 0 Å². The minimum atomic E-state index is -0.900. The van der Waals surface area contributed by atoms with Crippen LogP contribution in [0, 0.1) is 0 Å². The number of anilines is 1. The molecule has 3 amide bonds. The average molecular weight is 349 g/mol. The summed E-state index contributed by atoms with van der Waals surface area (Å²) in [5.41, 5.74) is 6.70. The van der Waals surface area contributed by atoms with E-state index in [9.17, 15) is 14.4 Å². The SMILES string of the molecule is NC1(C(=O)Nc2ccc(CN3C(=O)CSC3=O)cc2)CCOCC1. The second-order valence-corrected chi connectivity index (χ2v) is 6.88. The fourth-order valence-electron chi connectivity index (χ4n) is 2.63. The molecule has 0 aliphatic carbocycles. The molecule has 1 aromatic carbocycles. The number of rotatable bonds is 4. The lowest BCUT2D eigenvalue weighted by Gasteiger charge is -2.31. The van der Waals surface area contributed by atoms with Gasteiger partial charge in [0.15, 0.2) is 0 Å². The number of imide groups is 1. The van der Waals surface area contributed by atoms with Gasteiger partial charge in [0.25, 0.3) is 5.24 Å². The predicted octanol–water partition coefficient (Wildman–Crippen LogP) is 1.33. The van der Waals surface area contributed by atoms with Crippen LogP contribution in [-0.2, 0) is 20.9 Å². The molecule has 0 saturated carbocycles. The van der Waals surface area contributed by atoms with E-state index in [0.29, 0.717) is 31.7 Å². The van der Waals surface area contributed by atoms with Gasteiger partial charge in [-0.25, -0.2) is 0 Å². The van der Waals surface area contributed by atoms with Gasteiger partial charge in [0.2, 0.25) is 11.8 Å². The Balaban J connectivity index is 1.61. The molecule has 2 heterocycles. The van der Waals surface area contributed by atoms with Gasteiger partial charge < -0.3 is 15.8 Å². The molecule has 3 rings (SSSR count). The molecule has 2 saturated heterocycles. The lowest BCUT2D eigenvalue weighted by atomic mass is 9.90. The third-order valence-electron chi connectivity index (χ3n) is 4.23. The summed E-state index contributed by atoms with van der Waals surface area (Å²) >= 11 is 1.02. The highest BCUT2D eigenvalue weighted by Gasteiger charge is 2.36. The van der Waals surface area contributed by atoms with E-state index in [1.807, 2.05) is 0 Å². The molecule has 7 nitrogen and oxygen atoms in total. The number of carbonyl (C=O) groups is 3. The number of amides is 3. The lowest BCUT2D eigenvalue weighted by Crippen LogP contribution is -2.54. The molecular weight excluding hydrogens is 330 g/mol. The zero-order chi connectivity index (χ0) is 17.2. The van der Waals surface area contributed by atoms with Gasteiger partial charge in [-0.1, -0.05) is 23.9 Å². The van der Waals surface area contributed by atoms with E-state index in [0.717, 1.165) is 17.3 Å². The zero-order valence-corrected chi connectivity index (χ0v) is 13.9. The second kappa shape index (κ2) is 6.92. The maximum Gasteiger partial charge on any atom is 0.289 e. The van der Waals surface area contributed by atoms with Crippen molar-refractivity contribution in [2.45, 2.75) is 24.9 Å². The molecule has 24 heavy (non-hydrogen) atoms. The van der Waals surface area contributed by atoms with Gasteiger partial charge in [0, 0.05) is 18.9 Å². The van der Waals surface area contributed by atoms with Crippen LogP contribution < -0.4 is 11.1 Å². The van der Waals surface area contributed by atoms with E-state index in [4.69, 9.17) is 10.5 Å². The van der Waals surface area contributed by atoms with Crippen LogP contribution >= 0.6 is 11.8 Å². The molecule has 0 unspecified atom stereocenters. The molecule has 0 radical (unpaired) electrons. The first-order valence-corrected chi connectivity index (χ1v) is 8.71. The van der Waals surface area contributed by atoms with Crippen LogP contribution in [0.5, 0.6) is 0 Å². The smallest absolute Gasteiger partial charge is 0.289 e. The Labute approximate surface area is 143 Å². The second-order valence-electron chi connectivity index (χ2n) is 5.95. The van der Waals surface area contributed by atoms with Crippen molar-refractivity contribution < 1.29 is 19.1 Å². The van der Waals surface area contributed by atoms with Gasteiger partial charge >= 0.3 is 0 Å². The third kappa shape index (κ3) is 3.61. The van der Waals surface area contributed by atoms with Gasteiger partial charge in [0.05, 0.1) is 12.3 Å². The maximum atomic E-state index is 12.3. The minimum absolute atomic E-state index is 0.174. The number of nitrogens with one attached hydrogen (secondary N) is 1. The summed E-state index contributed by atoms with van der Waals surface area (Å²) in [4.78, 5) is 36.8. The number of hydrogen-bond acceptors (Lipinski definition) is 6. The van der Waals surface area contributed by atoms with E-state index >= 15 is 0 Å². The van der Waals surface area contributed by atoms with Crippen molar-refractivity contribution in [3.63, 3.8) is 0 Å². The monoisotopic (exact) mass is 349 g/mol. The predicted molar refractivity (Wildman–Crippen MR) is 90.4 cm³/mol. The molecule has 8 heteroatoms. The van der Waals surface area contributed by atoms with E-state index in [1.165, 1.54) is 4.90 Å². The van der Waals surface area contributed by atoms with Crippen LogP contribution in [-0.4, -0.2) is 46.5 Å². The molecule has 2 aliphatic rings. The first kappa shape index (κ1) is 16.9. The van der Waals surface area contributed by atoms with E-state index in [1.54, 1.807) is 24.3 Å². The normalized spacial score (nSPS) is 20.3. The Hall–Kier alpha value is -1.90. The van der Waals surface area contributed by atoms with Crippen LogP contribution in [0.25, 0.3) is 0 Å². The van der Waals surface area contributed by atoms with Crippen LogP contribution in [0.4, 0.5) is 10.5 Å². The fraction of sp³-hybridized carbons (Fsp3) is 0.438. The van der Waals surface area contributed by atoms with Crippen molar-refractivity contribution in [3.8, 4) is 0 Å². The van der Waals surface area contributed by atoms with Crippen molar-refractivity contribution >= 4 is 34.5 Å². The highest BCUT2D eigenvalue weighted by Crippen LogP contribution is 2.23. The summed E-state index contributed by atoms with van der Waals surface area (Å²) in [5.74, 6) is -0.193. The molecule has 3 N–H and O–H groups in total. The highest BCUT2D eigenvalue weighted by molar-refractivity contribution is 8.14. The van der Waals surface area contributed by atoms with Crippen LogP contribution in [0.3, 0.4) is 0 Å². The van der Waals surface area contributed by atoms with Crippen molar-refractivity contribution in [2.75, 3.05) is 24.3 Å². The quantitative estimate of drug-likeness (QED) is 0.850. The van der Waals surface area contributed by atoms with E-state index in [-0.39, 0.29) is 29.4 Å².